The van der Waals surface area contributed by atoms with Gasteiger partial charge in [0.15, 0.2) is 0 Å². The van der Waals surface area contributed by atoms with E-state index in [1.54, 1.807) is 0 Å². The fourth-order valence-corrected chi connectivity index (χ4v) is 2.96. The number of aliphatic hydroxyl groups is 1. The predicted molar refractivity (Wildman–Crippen MR) is 80.0 cm³/mol. The minimum Gasteiger partial charge on any atom is -0.387 e. The molecule has 0 radical (unpaired) electrons. The quantitative estimate of drug-likeness (QED) is 0.812. The summed E-state index contributed by atoms with van der Waals surface area (Å²) in [6, 6.07) is 10.2. The van der Waals surface area contributed by atoms with Crippen LogP contribution in [0.1, 0.15) is 44.8 Å². The molecule has 1 fully saturated rings. The summed E-state index contributed by atoms with van der Waals surface area (Å²) in [6.07, 6.45) is 3.66. The summed E-state index contributed by atoms with van der Waals surface area (Å²) in [5.74, 6) is 1.80. The fourth-order valence-electron chi connectivity index (χ4n) is 2.96. The Balaban J connectivity index is 1.84. The third-order valence-electron chi connectivity index (χ3n) is 4.54. The highest BCUT2D eigenvalue weighted by atomic mass is 16.3. The van der Waals surface area contributed by atoms with Gasteiger partial charge in [-0.25, -0.2) is 0 Å². The predicted octanol–water partition coefficient (Wildman–Crippen LogP) is 3.48. The van der Waals surface area contributed by atoms with Crippen LogP contribution in [-0.4, -0.2) is 29.6 Å². The number of nitrogens with zero attached hydrogens (tertiary/aromatic N) is 1. The molecule has 1 aromatic carbocycles. The van der Waals surface area contributed by atoms with Crippen molar-refractivity contribution in [3.05, 3.63) is 35.9 Å². The lowest BCUT2D eigenvalue weighted by Crippen LogP contribution is -2.36. The molecule has 0 spiro atoms. The first kappa shape index (κ1) is 14.5. The molecule has 0 amide bonds. The molecule has 0 bridgehead atoms. The Kier molecular flexibility index (Phi) is 5.00. The second-order valence-electron chi connectivity index (χ2n) is 6.08. The van der Waals surface area contributed by atoms with Gasteiger partial charge in [0.1, 0.15) is 0 Å². The van der Waals surface area contributed by atoms with Crippen molar-refractivity contribution in [1.82, 2.24) is 4.90 Å². The van der Waals surface area contributed by atoms with E-state index in [2.05, 4.69) is 25.8 Å². The van der Waals surface area contributed by atoms with Crippen LogP contribution in [0.15, 0.2) is 30.3 Å². The molecule has 1 N–H and O–H groups in total. The van der Waals surface area contributed by atoms with Crippen LogP contribution in [0, 0.1) is 11.8 Å². The smallest absolute Gasteiger partial charge is 0.0942 e. The average Bonchev–Trinajstić information content (AvgIpc) is 3.16. The zero-order valence-electron chi connectivity index (χ0n) is 12.4. The van der Waals surface area contributed by atoms with Crippen LogP contribution in [-0.2, 0) is 0 Å². The SMILES string of the molecule is CCC[C@H]1C[C@H]1CN(C)[C@H](C)[C@H](O)c1ccccc1. The molecule has 106 valence electrons. The lowest BCUT2D eigenvalue weighted by atomic mass is 10.0. The van der Waals surface area contributed by atoms with E-state index in [0.717, 1.165) is 23.9 Å². The van der Waals surface area contributed by atoms with Gasteiger partial charge in [0.25, 0.3) is 0 Å². The molecule has 0 unspecified atom stereocenters. The maximum Gasteiger partial charge on any atom is 0.0942 e. The summed E-state index contributed by atoms with van der Waals surface area (Å²) in [5.41, 5.74) is 1.02. The van der Waals surface area contributed by atoms with Gasteiger partial charge in [-0.05, 0) is 37.8 Å². The molecule has 2 heteroatoms. The summed E-state index contributed by atoms with van der Waals surface area (Å²) < 4.78 is 0. The van der Waals surface area contributed by atoms with Gasteiger partial charge in [0.2, 0.25) is 0 Å². The van der Waals surface area contributed by atoms with Crippen molar-refractivity contribution in [1.29, 1.82) is 0 Å². The maximum absolute atomic E-state index is 10.4. The number of benzene rings is 1. The maximum atomic E-state index is 10.4. The van der Waals surface area contributed by atoms with Crippen LogP contribution in [0.2, 0.25) is 0 Å². The Morgan fingerprint density at radius 1 is 1.26 bits per heavy atom. The monoisotopic (exact) mass is 261 g/mol. The summed E-state index contributed by atoms with van der Waals surface area (Å²) in [4.78, 5) is 2.32. The van der Waals surface area contributed by atoms with Gasteiger partial charge in [-0.15, -0.1) is 0 Å². The number of hydrogen-bond acceptors (Lipinski definition) is 2. The van der Waals surface area contributed by atoms with Crippen molar-refractivity contribution in [2.45, 2.75) is 45.3 Å². The van der Waals surface area contributed by atoms with Crippen molar-refractivity contribution in [2.75, 3.05) is 13.6 Å². The number of likely N-dealkylation sites (N-methyl/N-ethyl adjacent to an activating group) is 1. The Hall–Kier alpha value is -0.860. The van der Waals surface area contributed by atoms with Crippen molar-refractivity contribution < 1.29 is 5.11 Å². The van der Waals surface area contributed by atoms with Crippen LogP contribution in [0.25, 0.3) is 0 Å². The van der Waals surface area contributed by atoms with E-state index in [1.807, 2.05) is 30.3 Å². The van der Waals surface area contributed by atoms with Gasteiger partial charge >= 0.3 is 0 Å². The highest BCUT2D eigenvalue weighted by Crippen LogP contribution is 2.42. The number of aliphatic hydroxyl groups excluding tert-OH is 1. The van der Waals surface area contributed by atoms with E-state index in [1.165, 1.54) is 19.3 Å². The van der Waals surface area contributed by atoms with Crippen LogP contribution >= 0.6 is 0 Å². The van der Waals surface area contributed by atoms with Crippen LogP contribution in [0.3, 0.4) is 0 Å². The second-order valence-corrected chi connectivity index (χ2v) is 6.08. The molecule has 0 saturated heterocycles. The third-order valence-corrected chi connectivity index (χ3v) is 4.54. The van der Waals surface area contributed by atoms with E-state index in [9.17, 15) is 5.11 Å². The molecule has 0 aliphatic heterocycles. The van der Waals surface area contributed by atoms with E-state index >= 15 is 0 Å². The van der Waals surface area contributed by atoms with Crippen molar-refractivity contribution >= 4 is 0 Å². The zero-order chi connectivity index (χ0) is 13.8. The molecular formula is C17H27NO. The average molecular weight is 261 g/mol. The topological polar surface area (TPSA) is 23.5 Å². The van der Waals surface area contributed by atoms with Crippen LogP contribution < -0.4 is 0 Å². The van der Waals surface area contributed by atoms with Crippen LogP contribution in [0.4, 0.5) is 0 Å². The second kappa shape index (κ2) is 6.53. The van der Waals surface area contributed by atoms with Gasteiger partial charge in [-0.2, -0.15) is 0 Å². The Labute approximate surface area is 117 Å². The van der Waals surface area contributed by atoms with Crippen molar-refractivity contribution in [3.8, 4) is 0 Å². The Bertz CT molecular complexity index is 378. The van der Waals surface area contributed by atoms with Crippen LogP contribution in [0.5, 0.6) is 0 Å². The van der Waals surface area contributed by atoms with E-state index in [-0.39, 0.29) is 6.04 Å². The molecule has 19 heavy (non-hydrogen) atoms. The molecule has 2 nitrogen and oxygen atoms in total. The molecular weight excluding hydrogens is 234 g/mol. The summed E-state index contributed by atoms with van der Waals surface area (Å²) >= 11 is 0. The standard InChI is InChI=1S/C17H27NO/c1-4-8-15-11-16(15)12-18(3)13(2)17(19)14-9-6-5-7-10-14/h5-7,9-10,13,15-17,19H,4,8,11-12H2,1-3H3/t13-,15+,16+,17+/m1/s1. The van der Waals surface area contributed by atoms with E-state index in [4.69, 9.17) is 0 Å². The Morgan fingerprint density at radius 2 is 1.95 bits per heavy atom. The number of rotatable bonds is 7. The largest absolute Gasteiger partial charge is 0.387 e. The highest BCUT2D eigenvalue weighted by molar-refractivity contribution is 5.18. The lowest BCUT2D eigenvalue weighted by Gasteiger charge is -2.29. The minimum atomic E-state index is -0.394. The fraction of sp³-hybridized carbons (Fsp3) is 0.647. The molecule has 1 saturated carbocycles. The first-order valence-electron chi connectivity index (χ1n) is 7.56. The summed E-state index contributed by atoms with van der Waals surface area (Å²) in [7, 11) is 2.14. The minimum absolute atomic E-state index is 0.172. The molecule has 0 aromatic heterocycles. The van der Waals surface area contributed by atoms with E-state index < -0.39 is 6.10 Å². The van der Waals surface area contributed by atoms with Gasteiger partial charge in [0, 0.05) is 12.6 Å². The van der Waals surface area contributed by atoms with E-state index in [0.29, 0.717) is 0 Å². The summed E-state index contributed by atoms with van der Waals surface area (Å²) in [6.45, 7) is 5.51. The molecule has 1 aliphatic carbocycles. The molecule has 4 atom stereocenters. The normalized spacial score (nSPS) is 25.3. The Morgan fingerprint density at radius 3 is 2.58 bits per heavy atom. The molecule has 1 aliphatic rings. The molecule has 1 aromatic rings. The lowest BCUT2D eigenvalue weighted by molar-refractivity contribution is 0.0694. The highest BCUT2D eigenvalue weighted by Gasteiger charge is 2.37. The van der Waals surface area contributed by atoms with Gasteiger partial charge in [-0.1, -0.05) is 50.1 Å². The third kappa shape index (κ3) is 3.80. The summed E-state index contributed by atoms with van der Waals surface area (Å²) in [5, 5.41) is 10.4. The van der Waals surface area contributed by atoms with Gasteiger partial charge in [0.05, 0.1) is 6.10 Å². The molecule has 0 heterocycles. The molecule has 2 rings (SSSR count). The van der Waals surface area contributed by atoms with Gasteiger partial charge < -0.3 is 10.0 Å². The first-order valence-corrected chi connectivity index (χ1v) is 7.56. The van der Waals surface area contributed by atoms with Gasteiger partial charge in [-0.3, -0.25) is 0 Å². The first-order chi connectivity index (χ1) is 9.13. The zero-order valence-corrected chi connectivity index (χ0v) is 12.4. The van der Waals surface area contributed by atoms with Crippen molar-refractivity contribution in [3.63, 3.8) is 0 Å². The van der Waals surface area contributed by atoms with Crippen molar-refractivity contribution in [2.24, 2.45) is 11.8 Å². The number of hydrogen-bond donors (Lipinski definition) is 1.